The molecule has 0 aromatic heterocycles. The molecule has 6 fully saturated rings. The molecule has 2 saturated heterocycles. The second-order valence-corrected chi connectivity index (χ2v) is 12.3. The standard InChI is InChI=1S/C29H40N2O2/c1-21-5-7-25(8-6-21)28-16-22-15-23(17-28)19-29(18-22,20-28)27(33)31-13-9-24(10-14-31)26(32)30-11-3-2-4-12-30/h5-8,22-24H,2-4,9-20H2,1H3. The Morgan fingerprint density at radius 1 is 0.818 bits per heavy atom. The van der Waals surface area contributed by atoms with E-state index in [1.54, 1.807) is 0 Å². The van der Waals surface area contributed by atoms with Gasteiger partial charge in [0.15, 0.2) is 0 Å². The van der Waals surface area contributed by atoms with Gasteiger partial charge in [-0.15, -0.1) is 0 Å². The molecule has 2 unspecified atom stereocenters. The van der Waals surface area contributed by atoms with E-state index in [0.717, 1.165) is 71.1 Å². The highest BCUT2D eigenvalue weighted by molar-refractivity contribution is 5.84. The number of amides is 2. The van der Waals surface area contributed by atoms with Crippen LogP contribution in [-0.2, 0) is 15.0 Å². The quantitative estimate of drug-likeness (QED) is 0.647. The Morgan fingerprint density at radius 2 is 1.45 bits per heavy atom. The van der Waals surface area contributed by atoms with Crippen molar-refractivity contribution in [3.8, 4) is 0 Å². The van der Waals surface area contributed by atoms with Crippen LogP contribution in [0.4, 0.5) is 0 Å². The molecule has 4 nitrogen and oxygen atoms in total. The van der Waals surface area contributed by atoms with Gasteiger partial charge in [0.2, 0.25) is 11.8 Å². The Morgan fingerprint density at radius 3 is 2.09 bits per heavy atom. The molecule has 0 spiro atoms. The number of aryl methyl sites for hydroxylation is 1. The third-order valence-corrected chi connectivity index (χ3v) is 9.98. The molecule has 4 heteroatoms. The minimum absolute atomic E-state index is 0.127. The zero-order valence-corrected chi connectivity index (χ0v) is 20.4. The third-order valence-electron chi connectivity index (χ3n) is 9.98. The van der Waals surface area contributed by atoms with Crippen molar-refractivity contribution in [3.63, 3.8) is 0 Å². The van der Waals surface area contributed by atoms with E-state index < -0.39 is 0 Å². The maximum absolute atomic E-state index is 14.1. The molecule has 7 rings (SSSR count). The molecule has 2 aliphatic heterocycles. The lowest BCUT2D eigenvalue weighted by Crippen LogP contribution is -2.60. The molecule has 4 aliphatic carbocycles. The van der Waals surface area contributed by atoms with Gasteiger partial charge in [0.25, 0.3) is 0 Å². The van der Waals surface area contributed by atoms with Gasteiger partial charge in [-0.05, 0) is 100 Å². The van der Waals surface area contributed by atoms with Crippen molar-refractivity contribution in [2.24, 2.45) is 23.2 Å². The van der Waals surface area contributed by atoms with Gasteiger partial charge in [0.1, 0.15) is 0 Å². The summed E-state index contributed by atoms with van der Waals surface area (Å²) in [6, 6.07) is 9.20. The van der Waals surface area contributed by atoms with E-state index in [4.69, 9.17) is 0 Å². The van der Waals surface area contributed by atoms with Gasteiger partial charge < -0.3 is 9.80 Å². The first kappa shape index (κ1) is 21.7. The summed E-state index contributed by atoms with van der Waals surface area (Å²) in [5, 5.41) is 0. The van der Waals surface area contributed by atoms with Crippen LogP contribution in [0.2, 0.25) is 0 Å². The van der Waals surface area contributed by atoms with Crippen molar-refractivity contribution in [1.82, 2.24) is 9.80 Å². The van der Waals surface area contributed by atoms with Crippen molar-refractivity contribution in [2.75, 3.05) is 26.2 Å². The van der Waals surface area contributed by atoms with Gasteiger partial charge >= 0.3 is 0 Å². The first-order chi connectivity index (χ1) is 16.0. The summed E-state index contributed by atoms with van der Waals surface area (Å²) in [5.41, 5.74) is 2.84. The molecule has 6 aliphatic rings. The van der Waals surface area contributed by atoms with E-state index >= 15 is 0 Å². The molecule has 4 bridgehead atoms. The van der Waals surface area contributed by atoms with Crippen LogP contribution < -0.4 is 0 Å². The highest BCUT2D eigenvalue weighted by Crippen LogP contribution is 2.66. The first-order valence-corrected chi connectivity index (χ1v) is 13.6. The molecular weight excluding hydrogens is 408 g/mol. The molecule has 2 heterocycles. The minimum Gasteiger partial charge on any atom is -0.342 e. The van der Waals surface area contributed by atoms with E-state index in [0.29, 0.717) is 23.7 Å². The molecule has 4 saturated carbocycles. The lowest BCUT2D eigenvalue weighted by atomic mass is 9.42. The van der Waals surface area contributed by atoms with E-state index in [-0.39, 0.29) is 16.7 Å². The van der Waals surface area contributed by atoms with Crippen LogP contribution in [0.1, 0.15) is 81.8 Å². The van der Waals surface area contributed by atoms with Crippen molar-refractivity contribution in [1.29, 1.82) is 0 Å². The molecule has 2 atom stereocenters. The summed E-state index contributed by atoms with van der Waals surface area (Å²) in [4.78, 5) is 31.3. The lowest BCUT2D eigenvalue weighted by molar-refractivity contribution is -0.162. The van der Waals surface area contributed by atoms with Gasteiger partial charge in [-0.25, -0.2) is 0 Å². The van der Waals surface area contributed by atoms with Gasteiger partial charge in [-0.3, -0.25) is 9.59 Å². The Bertz CT molecular complexity index is 894. The molecule has 2 amide bonds. The molecular formula is C29H40N2O2. The highest BCUT2D eigenvalue weighted by atomic mass is 16.2. The Kier molecular flexibility index (Phi) is 5.34. The van der Waals surface area contributed by atoms with Crippen LogP contribution in [0.3, 0.4) is 0 Å². The average molecular weight is 449 g/mol. The summed E-state index contributed by atoms with van der Waals surface area (Å²) >= 11 is 0. The zero-order valence-electron chi connectivity index (χ0n) is 20.4. The topological polar surface area (TPSA) is 40.6 Å². The number of likely N-dealkylation sites (tertiary alicyclic amines) is 2. The third kappa shape index (κ3) is 3.72. The number of hydrogen-bond donors (Lipinski definition) is 0. The predicted molar refractivity (Wildman–Crippen MR) is 130 cm³/mol. The number of carbonyl (C=O) groups is 2. The molecule has 0 radical (unpaired) electrons. The summed E-state index contributed by atoms with van der Waals surface area (Å²) in [5.74, 6) is 2.32. The van der Waals surface area contributed by atoms with Crippen LogP contribution in [0.5, 0.6) is 0 Å². The number of benzene rings is 1. The van der Waals surface area contributed by atoms with E-state index in [9.17, 15) is 9.59 Å². The maximum Gasteiger partial charge on any atom is 0.228 e. The Labute approximate surface area is 199 Å². The fourth-order valence-electron chi connectivity index (χ4n) is 8.80. The van der Waals surface area contributed by atoms with Gasteiger partial charge in [0, 0.05) is 32.1 Å². The van der Waals surface area contributed by atoms with Crippen LogP contribution in [0, 0.1) is 30.1 Å². The van der Waals surface area contributed by atoms with Crippen LogP contribution >= 0.6 is 0 Å². The van der Waals surface area contributed by atoms with E-state index in [1.807, 2.05) is 0 Å². The Hall–Kier alpha value is -1.84. The van der Waals surface area contributed by atoms with Crippen LogP contribution in [0.25, 0.3) is 0 Å². The monoisotopic (exact) mass is 448 g/mol. The second kappa shape index (κ2) is 8.13. The smallest absolute Gasteiger partial charge is 0.228 e. The van der Waals surface area contributed by atoms with Crippen molar-refractivity contribution >= 4 is 11.8 Å². The molecule has 0 N–H and O–H groups in total. The van der Waals surface area contributed by atoms with Crippen molar-refractivity contribution in [3.05, 3.63) is 35.4 Å². The van der Waals surface area contributed by atoms with Crippen LogP contribution in [0.15, 0.2) is 24.3 Å². The largest absolute Gasteiger partial charge is 0.342 e. The van der Waals surface area contributed by atoms with E-state index in [1.165, 1.54) is 36.8 Å². The molecule has 178 valence electrons. The molecule has 33 heavy (non-hydrogen) atoms. The van der Waals surface area contributed by atoms with Crippen molar-refractivity contribution in [2.45, 2.75) is 83.0 Å². The van der Waals surface area contributed by atoms with Gasteiger partial charge in [-0.1, -0.05) is 29.8 Å². The maximum atomic E-state index is 14.1. The molecule has 1 aromatic rings. The van der Waals surface area contributed by atoms with Gasteiger partial charge in [0.05, 0.1) is 5.41 Å². The SMILES string of the molecule is Cc1ccc(C23CC4CC(CC(C(=O)N5CCC(C(=O)N6CCCCC6)CC5)(C4)C2)C3)cc1. The Balaban J connectivity index is 1.17. The minimum atomic E-state index is -0.154. The van der Waals surface area contributed by atoms with Crippen LogP contribution in [-0.4, -0.2) is 47.8 Å². The first-order valence-electron chi connectivity index (χ1n) is 13.6. The highest BCUT2D eigenvalue weighted by Gasteiger charge is 2.61. The molecule has 1 aromatic carbocycles. The van der Waals surface area contributed by atoms with Gasteiger partial charge in [-0.2, -0.15) is 0 Å². The second-order valence-electron chi connectivity index (χ2n) is 12.3. The number of carbonyl (C=O) groups excluding carboxylic acids is 2. The fraction of sp³-hybridized carbons (Fsp3) is 0.724. The summed E-state index contributed by atoms with van der Waals surface area (Å²) in [6.45, 7) is 5.58. The van der Waals surface area contributed by atoms with Crippen molar-refractivity contribution < 1.29 is 9.59 Å². The number of hydrogen-bond acceptors (Lipinski definition) is 2. The number of nitrogens with zero attached hydrogens (tertiary/aromatic N) is 2. The summed E-state index contributed by atoms with van der Waals surface area (Å²) in [6.07, 6.45) is 12.4. The summed E-state index contributed by atoms with van der Waals surface area (Å²) in [7, 11) is 0. The number of rotatable bonds is 3. The fourth-order valence-corrected chi connectivity index (χ4v) is 8.80. The normalized spacial score (nSPS) is 36.3. The zero-order chi connectivity index (χ0) is 22.6. The van der Waals surface area contributed by atoms with E-state index in [2.05, 4.69) is 41.0 Å². The average Bonchev–Trinajstić information content (AvgIpc) is 2.83. The number of piperidine rings is 2. The predicted octanol–water partition coefficient (Wildman–Crippen LogP) is 5.08. The lowest BCUT2D eigenvalue weighted by Gasteiger charge is -2.62. The summed E-state index contributed by atoms with van der Waals surface area (Å²) < 4.78 is 0.